The molecule has 0 heterocycles. The van der Waals surface area contributed by atoms with Crippen LogP contribution >= 0.6 is 0 Å². The minimum Gasteiger partial charge on any atom is -0.508 e. The summed E-state index contributed by atoms with van der Waals surface area (Å²) >= 11 is 0. The number of phenols is 1. The van der Waals surface area contributed by atoms with Crippen LogP contribution in [0.15, 0.2) is 91.0 Å². The van der Waals surface area contributed by atoms with E-state index in [-0.39, 0.29) is 5.75 Å². The zero-order valence-corrected chi connectivity index (χ0v) is 22.1. The van der Waals surface area contributed by atoms with Crippen molar-refractivity contribution < 1.29 is 28.9 Å². The average molecular weight is 521 g/mol. The largest absolute Gasteiger partial charge is 0.508 e. The number of hydrogen-bond donors (Lipinski definition) is 1. The summed E-state index contributed by atoms with van der Waals surface area (Å²) in [6.45, 7) is 5.97. The van der Waals surface area contributed by atoms with Gasteiger partial charge in [0.1, 0.15) is 23.0 Å². The maximum absolute atomic E-state index is 13.0. The summed E-state index contributed by atoms with van der Waals surface area (Å²) in [5, 5.41) is 13.2. The van der Waals surface area contributed by atoms with Gasteiger partial charge in [0.25, 0.3) is 0 Å². The highest BCUT2D eigenvalue weighted by molar-refractivity contribution is 5.98. The van der Waals surface area contributed by atoms with Crippen molar-refractivity contribution >= 4 is 33.5 Å². The molecule has 0 atom stereocenters. The number of aromatic hydroxyl groups is 1. The van der Waals surface area contributed by atoms with Gasteiger partial charge in [-0.15, -0.1) is 0 Å². The van der Waals surface area contributed by atoms with Gasteiger partial charge >= 0.3 is 11.9 Å². The lowest BCUT2D eigenvalue weighted by Gasteiger charge is -2.23. The summed E-state index contributed by atoms with van der Waals surface area (Å²) in [5.74, 6) is 0.652. The van der Waals surface area contributed by atoms with Crippen LogP contribution in [0.3, 0.4) is 0 Å². The van der Waals surface area contributed by atoms with Crippen LogP contribution < -0.4 is 14.2 Å². The molecule has 0 saturated carbocycles. The number of fused-ring (bicyclic) bond motifs is 2. The summed E-state index contributed by atoms with van der Waals surface area (Å²) in [6, 6.07) is 26.1. The zero-order valence-electron chi connectivity index (χ0n) is 22.1. The minimum atomic E-state index is -0.506. The molecule has 5 rings (SSSR count). The van der Waals surface area contributed by atoms with Gasteiger partial charge in [0.05, 0.1) is 18.2 Å². The summed E-state index contributed by atoms with van der Waals surface area (Å²) in [4.78, 5) is 26.0. The van der Waals surface area contributed by atoms with Gasteiger partial charge in [0, 0.05) is 5.56 Å². The Bertz CT molecular complexity index is 1730. The molecule has 0 aliphatic carbocycles. The number of ether oxygens (including phenoxy) is 3. The number of carbonyl (C=O) groups is 2. The van der Waals surface area contributed by atoms with Gasteiger partial charge in [-0.1, -0.05) is 45.0 Å². The number of carbonyl (C=O) groups excluding carboxylic acids is 2. The second-order valence-corrected chi connectivity index (χ2v) is 10.4. The van der Waals surface area contributed by atoms with Gasteiger partial charge in [-0.05, 0) is 93.7 Å². The Morgan fingerprint density at radius 1 is 0.615 bits per heavy atom. The molecule has 5 aromatic rings. The third-order valence-corrected chi connectivity index (χ3v) is 6.51. The predicted molar refractivity (Wildman–Crippen MR) is 151 cm³/mol. The summed E-state index contributed by atoms with van der Waals surface area (Å²) in [5.41, 5.74) is 1.13. The highest BCUT2D eigenvalue weighted by Gasteiger charge is 2.23. The number of hydrogen-bond acceptors (Lipinski definition) is 6. The third kappa shape index (κ3) is 5.55. The van der Waals surface area contributed by atoms with Crippen LogP contribution in [0.1, 0.15) is 47.1 Å². The van der Waals surface area contributed by atoms with Gasteiger partial charge in [0.15, 0.2) is 0 Å². The van der Waals surface area contributed by atoms with E-state index in [0.29, 0.717) is 22.6 Å². The quantitative estimate of drug-likeness (QED) is 0.192. The van der Waals surface area contributed by atoms with Crippen molar-refractivity contribution in [3.05, 3.63) is 108 Å². The van der Waals surface area contributed by atoms with E-state index in [4.69, 9.17) is 14.2 Å². The number of methoxy groups -OCH3 is 1. The first kappa shape index (κ1) is 25.8. The smallest absolute Gasteiger partial charge is 0.343 e. The summed E-state index contributed by atoms with van der Waals surface area (Å²) in [7, 11) is 1.61. The number of esters is 2. The van der Waals surface area contributed by atoms with E-state index < -0.39 is 17.4 Å². The highest BCUT2D eigenvalue weighted by Crippen LogP contribution is 2.35. The molecule has 196 valence electrons. The number of phenolic OH excluding ortho intramolecular Hbond substituents is 1. The predicted octanol–water partition coefficient (Wildman–Crippen LogP) is 7.44. The lowest BCUT2D eigenvalue weighted by atomic mass is 9.86. The molecule has 0 aliphatic heterocycles. The first-order chi connectivity index (χ1) is 18.6. The van der Waals surface area contributed by atoms with Crippen LogP contribution in [0, 0.1) is 0 Å². The average Bonchev–Trinajstić information content (AvgIpc) is 2.92. The second kappa shape index (κ2) is 10.1. The Kier molecular flexibility index (Phi) is 6.71. The fourth-order valence-corrected chi connectivity index (χ4v) is 4.41. The van der Waals surface area contributed by atoms with E-state index in [1.807, 2.05) is 45.0 Å². The standard InChI is InChI=1S/C33H28O6/c1-33(2,3)29-19-28(38-31(35)24-8-6-23-18-27(37-4)12-10-21(23)16-24)13-14-30(29)39-32(36)25-7-5-22-17-26(34)11-9-20(22)15-25/h5-19,34H,1-4H3. The Labute approximate surface area is 226 Å². The molecule has 6 heteroatoms. The van der Waals surface area contributed by atoms with Crippen molar-refractivity contribution in [2.75, 3.05) is 7.11 Å². The fraction of sp³-hybridized carbons (Fsp3) is 0.152. The number of benzene rings is 5. The molecule has 0 aliphatic rings. The highest BCUT2D eigenvalue weighted by atomic mass is 16.5. The van der Waals surface area contributed by atoms with Gasteiger partial charge in [-0.2, -0.15) is 0 Å². The maximum atomic E-state index is 13.0. The molecule has 1 N–H and O–H groups in total. The molecule has 0 aromatic heterocycles. The maximum Gasteiger partial charge on any atom is 0.343 e. The van der Waals surface area contributed by atoms with Crippen LogP contribution in [-0.2, 0) is 5.41 Å². The molecule has 0 fully saturated rings. The summed E-state index contributed by atoms with van der Waals surface area (Å²) < 4.78 is 16.8. The third-order valence-electron chi connectivity index (χ3n) is 6.51. The zero-order chi connectivity index (χ0) is 27.7. The Morgan fingerprint density at radius 2 is 1.15 bits per heavy atom. The first-order valence-electron chi connectivity index (χ1n) is 12.5. The molecule has 39 heavy (non-hydrogen) atoms. The molecule has 0 bridgehead atoms. The topological polar surface area (TPSA) is 82.1 Å². The summed E-state index contributed by atoms with van der Waals surface area (Å²) in [6.07, 6.45) is 0. The van der Waals surface area contributed by atoms with E-state index in [0.717, 1.165) is 32.9 Å². The van der Waals surface area contributed by atoms with Crippen LogP contribution in [0.25, 0.3) is 21.5 Å². The van der Waals surface area contributed by atoms with Gasteiger partial charge in [-0.25, -0.2) is 9.59 Å². The molecule has 5 aromatic carbocycles. The monoisotopic (exact) mass is 520 g/mol. The Balaban J connectivity index is 1.38. The molecule has 0 radical (unpaired) electrons. The molecular weight excluding hydrogens is 492 g/mol. The minimum absolute atomic E-state index is 0.162. The van der Waals surface area contributed by atoms with E-state index in [2.05, 4.69) is 0 Å². The normalized spacial score (nSPS) is 11.4. The SMILES string of the molecule is COc1ccc2cc(C(=O)Oc3ccc(OC(=O)c4ccc5cc(O)ccc5c4)c(C(C)(C)C)c3)ccc2c1. The first-order valence-corrected chi connectivity index (χ1v) is 12.5. The second-order valence-electron chi connectivity index (χ2n) is 10.4. The molecule has 6 nitrogen and oxygen atoms in total. The van der Waals surface area contributed by atoms with E-state index in [1.54, 1.807) is 73.8 Å². The molecular formula is C33H28O6. The van der Waals surface area contributed by atoms with Crippen LogP contribution in [-0.4, -0.2) is 24.2 Å². The Hall–Kier alpha value is -4.84. The van der Waals surface area contributed by atoms with Crippen molar-refractivity contribution in [3.8, 4) is 23.0 Å². The van der Waals surface area contributed by atoms with Gasteiger partial charge < -0.3 is 19.3 Å². The van der Waals surface area contributed by atoms with Crippen molar-refractivity contribution in [1.82, 2.24) is 0 Å². The van der Waals surface area contributed by atoms with E-state index in [9.17, 15) is 14.7 Å². The molecule has 0 amide bonds. The van der Waals surface area contributed by atoms with E-state index in [1.165, 1.54) is 0 Å². The lowest BCUT2D eigenvalue weighted by Crippen LogP contribution is -2.17. The Morgan fingerprint density at radius 3 is 1.79 bits per heavy atom. The van der Waals surface area contributed by atoms with Crippen LogP contribution in [0.2, 0.25) is 0 Å². The van der Waals surface area contributed by atoms with Crippen LogP contribution in [0.5, 0.6) is 23.0 Å². The van der Waals surface area contributed by atoms with Crippen molar-refractivity contribution in [1.29, 1.82) is 0 Å². The van der Waals surface area contributed by atoms with Crippen molar-refractivity contribution in [2.24, 2.45) is 0 Å². The van der Waals surface area contributed by atoms with Crippen molar-refractivity contribution in [2.45, 2.75) is 26.2 Å². The molecule has 0 spiro atoms. The van der Waals surface area contributed by atoms with Gasteiger partial charge in [0.2, 0.25) is 0 Å². The molecule has 0 saturated heterocycles. The van der Waals surface area contributed by atoms with E-state index >= 15 is 0 Å². The van der Waals surface area contributed by atoms with Crippen molar-refractivity contribution in [3.63, 3.8) is 0 Å². The number of rotatable bonds is 5. The van der Waals surface area contributed by atoms with Crippen LogP contribution in [0.4, 0.5) is 0 Å². The lowest BCUT2D eigenvalue weighted by molar-refractivity contribution is 0.0717. The molecule has 0 unspecified atom stereocenters. The fourth-order valence-electron chi connectivity index (χ4n) is 4.41. The van der Waals surface area contributed by atoms with Gasteiger partial charge in [-0.3, -0.25) is 0 Å².